The van der Waals surface area contributed by atoms with E-state index in [0.717, 1.165) is 25.9 Å². The van der Waals surface area contributed by atoms with Gasteiger partial charge in [-0.25, -0.2) is 4.98 Å². The van der Waals surface area contributed by atoms with Crippen LogP contribution in [0, 0.1) is 5.92 Å². The standard InChI is InChI=1S/C13H16Cl2N2O/c1-2-9-4-3-7-17(8-9)13(18)12-10(14)5-6-11(15)16-12/h5-6,9H,2-4,7-8H2,1H3. The quantitative estimate of drug-likeness (QED) is 0.778. The van der Waals surface area contributed by atoms with E-state index in [-0.39, 0.29) is 11.6 Å². The molecule has 2 heterocycles. The molecule has 1 fully saturated rings. The predicted octanol–water partition coefficient (Wildman–Crippen LogP) is 3.65. The molecule has 0 aliphatic carbocycles. The first kappa shape index (κ1) is 13.6. The molecule has 0 spiro atoms. The highest BCUT2D eigenvalue weighted by molar-refractivity contribution is 6.34. The van der Waals surface area contributed by atoms with Crippen molar-refractivity contribution >= 4 is 29.1 Å². The summed E-state index contributed by atoms with van der Waals surface area (Å²) in [5.41, 5.74) is 0.265. The monoisotopic (exact) mass is 286 g/mol. The lowest BCUT2D eigenvalue weighted by atomic mass is 9.95. The molecule has 1 atom stereocenters. The number of pyridine rings is 1. The summed E-state index contributed by atoms with van der Waals surface area (Å²) in [4.78, 5) is 18.2. The molecule has 3 nitrogen and oxygen atoms in total. The van der Waals surface area contributed by atoms with E-state index in [1.165, 1.54) is 6.42 Å². The van der Waals surface area contributed by atoms with Gasteiger partial charge in [0.1, 0.15) is 10.8 Å². The van der Waals surface area contributed by atoms with Crippen LogP contribution in [0.2, 0.25) is 10.2 Å². The molecule has 0 bridgehead atoms. The van der Waals surface area contributed by atoms with Crippen LogP contribution in [0.25, 0.3) is 0 Å². The van der Waals surface area contributed by atoms with E-state index < -0.39 is 0 Å². The number of hydrogen-bond acceptors (Lipinski definition) is 2. The molecular weight excluding hydrogens is 271 g/mol. The summed E-state index contributed by atoms with van der Waals surface area (Å²) >= 11 is 11.8. The highest BCUT2D eigenvalue weighted by Crippen LogP contribution is 2.23. The number of hydrogen-bond donors (Lipinski definition) is 0. The normalized spacial score (nSPS) is 19.9. The molecule has 0 radical (unpaired) electrons. The van der Waals surface area contributed by atoms with E-state index in [1.54, 1.807) is 12.1 Å². The summed E-state index contributed by atoms with van der Waals surface area (Å²) in [6, 6.07) is 3.21. The van der Waals surface area contributed by atoms with Gasteiger partial charge in [-0.05, 0) is 30.9 Å². The van der Waals surface area contributed by atoms with Gasteiger partial charge in [0.05, 0.1) is 5.02 Å². The first-order chi connectivity index (χ1) is 8.61. The molecule has 1 aromatic heterocycles. The second-order valence-corrected chi connectivity index (χ2v) is 5.43. The third-order valence-corrected chi connectivity index (χ3v) is 3.91. The van der Waals surface area contributed by atoms with E-state index in [4.69, 9.17) is 23.2 Å². The Bertz CT molecular complexity index is 451. The molecule has 1 aromatic rings. The third-order valence-electron chi connectivity index (χ3n) is 3.40. The number of nitrogens with zero attached hydrogens (tertiary/aromatic N) is 2. The number of carbonyl (C=O) groups excluding carboxylic acids is 1. The zero-order valence-electron chi connectivity index (χ0n) is 10.3. The Morgan fingerprint density at radius 1 is 1.50 bits per heavy atom. The number of amides is 1. The number of likely N-dealkylation sites (tertiary alicyclic amines) is 1. The molecule has 1 saturated heterocycles. The Kier molecular flexibility index (Phi) is 4.46. The van der Waals surface area contributed by atoms with Crippen molar-refractivity contribution < 1.29 is 4.79 Å². The van der Waals surface area contributed by atoms with Crippen LogP contribution in [0.1, 0.15) is 36.7 Å². The second kappa shape index (κ2) is 5.89. The Morgan fingerprint density at radius 3 is 3.00 bits per heavy atom. The third kappa shape index (κ3) is 2.96. The largest absolute Gasteiger partial charge is 0.337 e. The number of halogens is 2. The van der Waals surface area contributed by atoms with Crippen molar-refractivity contribution in [1.82, 2.24) is 9.88 Å². The zero-order valence-corrected chi connectivity index (χ0v) is 11.8. The van der Waals surface area contributed by atoms with E-state index in [9.17, 15) is 4.79 Å². The Hall–Kier alpha value is -0.800. The molecule has 1 aliphatic heterocycles. The van der Waals surface area contributed by atoms with Crippen molar-refractivity contribution in [1.29, 1.82) is 0 Å². The molecule has 0 saturated carbocycles. The van der Waals surface area contributed by atoms with E-state index in [2.05, 4.69) is 11.9 Å². The minimum Gasteiger partial charge on any atom is -0.337 e. The first-order valence-electron chi connectivity index (χ1n) is 6.23. The number of aromatic nitrogens is 1. The zero-order chi connectivity index (χ0) is 13.1. The van der Waals surface area contributed by atoms with E-state index in [1.807, 2.05) is 4.90 Å². The van der Waals surface area contributed by atoms with Crippen LogP contribution in [-0.2, 0) is 0 Å². The molecule has 1 unspecified atom stereocenters. The van der Waals surface area contributed by atoms with Gasteiger partial charge in [-0.3, -0.25) is 4.79 Å². The predicted molar refractivity (Wildman–Crippen MR) is 73.2 cm³/mol. The molecule has 18 heavy (non-hydrogen) atoms. The summed E-state index contributed by atoms with van der Waals surface area (Å²) in [5, 5.41) is 0.662. The maximum atomic E-state index is 12.4. The summed E-state index contributed by atoms with van der Waals surface area (Å²) in [6.07, 6.45) is 3.33. The van der Waals surface area contributed by atoms with Crippen LogP contribution in [0.5, 0.6) is 0 Å². The van der Waals surface area contributed by atoms with E-state index in [0.29, 0.717) is 16.1 Å². The van der Waals surface area contributed by atoms with Gasteiger partial charge >= 0.3 is 0 Å². The lowest BCUT2D eigenvalue weighted by molar-refractivity contribution is 0.0665. The summed E-state index contributed by atoms with van der Waals surface area (Å²) in [5.74, 6) is 0.473. The van der Waals surface area contributed by atoms with Crippen LogP contribution in [-0.4, -0.2) is 28.9 Å². The van der Waals surface area contributed by atoms with Crippen molar-refractivity contribution in [3.05, 3.63) is 28.0 Å². The van der Waals surface area contributed by atoms with Gasteiger partial charge in [-0.2, -0.15) is 0 Å². The molecule has 1 amide bonds. The Balaban J connectivity index is 2.17. The van der Waals surface area contributed by atoms with Gasteiger partial charge in [0, 0.05) is 13.1 Å². The Labute approximate surface area is 117 Å². The van der Waals surface area contributed by atoms with Gasteiger partial charge in [0.2, 0.25) is 0 Å². The molecule has 2 rings (SSSR count). The van der Waals surface area contributed by atoms with E-state index >= 15 is 0 Å². The van der Waals surface area contributed by atoms with Gasteiger partial charge < -0.3 is 4.90 Å². The molecule has 1 aliphatic rings. The van der Waals surface area contributed by atoms with Crippen LogP contribution in [0.15, 0.2) is 12.1 Å². The van der Waals surface area contributed by atoms with Gasteiger partial charge in [-0.1, -0.05) is 36.5 Å². The van der Waals surface area contributed by atoms with Gasteiger partial charge in [0.25, 0.3) is 5.91 Å². The van der Waals surface area contributed by atoms with Crippen LogP contribution in [0.4, 0.5) is 0 Å². The second-order valence-electron chi connectivity index (χ2n) is 4.63. The number of rotatable bonds is 2. The highest BCUT2D eigenvalue weighted by Gasteiger charge is 2.25. The van der Waals surface area contributed by atoms with Crippen LogP contribution in [0.3, 0.4) is 0 Å². The number of carbonyl (C=O) groups is 1. The fourth-order valence-corrected chi connectivity index (χ4v) is 2.63. The maximum absolute atomic E-state index is 12.4. The van der Waals surface area contributed by atoms with Crippen molar-refractivity contribution in [3.8, 4) is 0 Å². The fourth-order valence-electron chi connectivity index (χ4n) is 2.30. The molecule has 98 valence electrons. The molecule has 0 N–H and O–H groups in total. The van der Waals surface area contributed by atoms with Gasteiger partial charge in [0.15, 0.2) is 0 Å². The minimum atomic E-state index is -0.111. The first-order valence-corrected chi connectivity index (χ1v) is 6.98. The van der Waals surface area contributed by atoms with Crippen LogP contribution >= 0.6 is 23.2 Å². The van der Waals surface area contributed by atoms with Crippen LogP contribution < -0.4 is 0 Å². The SMILES string of the molecule is CCC1CCCN(C(=O)c2nc(Cl)ccc2Cl)C1. The average Bonchev–Trinajstić information content (AvgIpc) is 2.41. The highest BCUT2D eigenvalue weighted by atomic mass is 35.5. The van der Waals surface area contributed by atoms with Crippen molar-refractivity contribution in [2.45, 2.75) is 26.2 Å². The van der Waals surface area contributed by atoms with Gasteiger partial charge in [-0.15, -0.1) is 0 Å². The topological polar surface area (TPSA) is 33.2 Å². The molecule has 5 heteroatoms. The Morgan fingerprint density at radius 2 is 2.28 bits per heavy atom. The summed E-state index contributed by atoms with van der Waals surface area (Å²) < 4.78 is 0. The van der Waals surface area contributed by atoms with Crippen molar-refractivity contribution in [3.63, 3.8) is 0 Å². The lowest BCUT2D eigenvalue weighted by Gasteiger charge is -2.32. The molecular formula is C13H16Cl2N2O. The fraction of sp³-hybridized carbons (Fsp3) is 0.538. The minimum absolute atomic E-state index is 0.111. The lowest BCUT2D eigenvalue weighted by Crippen LogP contribution is -2.40. The maximum Gasteiger partial charge on any atom is 0.274 e. The molecule has 0 aromatic carbocycles. The van der Waals surface area contributed by atoms with Crippen molar-refractivity contribution in [2.75, 3.05) is 13.1 Å². The smallest absolute Gasteiger partial charge is 0.274 e. The summed E-state index contributed by atoms with van der Waals surface area (Å²) in [7, 11) is 0. The average molecular weight is 287 g/mol. The van der Waals surface area contributed by atoms with Crippen molar-refractivity contribution in [2.24, 2.45) is 5.92 Å². The number of piperidine rings is 1. The summed E-state index contributed by atoms with van der Waals surface area (Å²) in [6.45, 7) is 3.73.